The molecule has 1 aromatic rings. The molecule has 1 aromatic carbocycles. The Bertz CT molecular complexity index is 681. The van der Waals surface area contributed by atoms with Gasteiger partial charge in [0.05, 0.1) is 23.9 Å². The number of rotatable bonds is 7. The fraction of sp³-hybridized carbons (Fsp3) is 0.667. The van der Waals surface area contributed by atoms with Gasteiger partial charge in [0.25, 0.3) is 0 Å². The summed E-state index contributed by atoms with van der Waals surface area (Å²) in [6, 6.07) is 3.18. The van der Waals surface area contributed by atoms with E-state index >= 15 is 0 Å². The van der Waals surface area contributed by atoms with E-state index < -0.39 is 31.2 Å². The van der Waals surface area contributed by atoms with Crippen molar-refractivity contribution in [2.45, 2.75) is 70.6 Å². The van der Waals surface area contributed by atoms with Crippen molar-refractivity contribution < 1.29 is 32.7 Å². The number of nitrogens with one attached hydrogen (secondary N) is 1. The second kappa shape index (κ2) is 7.20. The molecule has 6 nitrogen and oxygen atoms in total. The molecule has 0 spiro atoms. The van der Waals surface area contributed by atoms with E-state index in [1.165, 1.54) is 13.2 Å². The Kier molecular flexibility index (Phi) is 5.42. The molecule has 1 saturated heterocycles. The molecule has 1 heterocycles. The molecule has 0 bridgehead atoms. The molecule has 2 N–H and O–H groups in total. The first-order valence-corrected chi connectivity index (χ1v) is 9.00. The van der Waals surface area contributed by atoms with Crippen LogP contribution in [0.4, 0.5) is 8.78 Å². The minimum Gasteiger partial charge on any atom is -0.496 e. The van der Waals surface area contributed by atoms with Crippen LogP contribution in [0, 0.1) is 0 Å². The van der Waals surface area contributed by atoms with Crippen LogP contribution in [0.1, 0.15) is 52.3 Å². The zero-order valence-corrected chi connectivity index (χ0v) is 16.2. The maximum atomic E-state index is 13.0. The molecule has 1 unspecified atom stereocenters. The standard InChI is InChI=1S/C18H26BF2NO5/c1-17(2)18(3,4)27-19(26-17)10-8-12(24-5)14(13(9-10)25-16(20)21)15(23)22-11-6-7-11/h8-9,11,15-16,22-23H,6-7H2,1-5H3. The number of hydrogen-bond donors (Lipinski definition) is 2. The molecule has 1 aliphatic heterocycles. The Morgan fingerprint density at radius 1 is 1.15 bits per heavy atom. The van der Waals surface area contributed by atoms with Crippen molar-refractivity contribution in [2.24, 2.45) is 0 Å². The summed E-state index contributed by atoms with van der Waals surface area (Å²) in [6.07, 6.45) is 0.667. The summed E-state index contributed by atoms with van der Waals surface area (Å²) in [5.41, 5.74) is -0.561. The summed E-state index contributed by atoms with van der Waals surface area (Å²) < 4.78 is 48.0. The molecule has 2 aliphatic rings. The number of benzene rings is 1. The molecular formula is C18H26BF2NO5. The van der Waals surface area contributed by atoms with Gasteiger partial charge in [-0.25, -0.2) is 0 Å². The number of aliphatic hydroxyl groups excluding tert-OH is 1. The largest absolute Gasteiger partial charge is 0.496 e. The molecule has 3 rings (SSSR count). The molecule has 0 amide bonds. The highest BCUT2D eigenvalue weighted by Gasteiger charge is 2.52. The first-order valence-electron chi connectivity index (χ1n) is 9.00. The van der Waals surface area contributed by atoms with E-state index in [4.69, 9.17) is 18.8 Å². The maximum absolute atomic E-state index is 13.0. The molecule has 1 atom stereocenters. The van der Waals surface area contributed by atoms with Crippen LogP contribution in [-0.2, 0) is 9.31 Å². The molecule has 1 saturated carbocycles. The van der Waals surface area contributed by atoms with Crippen molar-refractivity contribution in [2.75, 3.05) is 7.11 Å². The second-order valence-corrected chi connectivity index (χ2v) is 7.95. The van der Waals surface area contributed by atoms with Crippen molar-refractivity contribution in [3.63, 3.8) is 0 Å². The van der Waals surface area contributed by atoms with Gasteiger partial charge >= 0.3 is 13.7 Å². The molecule has 0 aromatic heterocycles. The van der Waals surface area contributed by atoms with Gasteiger partial charge in [0.15, 0.2) is 0 Å². The Balaban J connectivity index is 1.98. The van der Waals surface area contributed by atoms with Crippen LogP contribution in [0.2, 0.25) is 0 Å². The molecule has 9 heteroatoms. The summed E-state index contributed by atoms with van der Waals surface area (Å²) in [6.45, 7) is 4.56. The monoisotopic (exact) mass is 385 g/mol. The smallest absolute Gasteiger partial charge is 0.495 e. The number of alkyl halides is 2. The van der Waals surface area contributed by atoms with E-state index in [-0.39, 0.29) is 23.1 Å². The van der Waals surface area contributed by atoms with Crippen molar-refractivity contribution >= 4 is 12.6 Å². The van der Waals surface area contributed by atoms with Crippen molar-refractivity contribution in [1.29, 1.82) is 0 Å². The fourth-order valence-electron chi connectivity index (χ4n) is 2.93. The van der Waals surface area contributed by atoms with E-state index in [0.717, 1.165) is 12.8 Å². The van der Waals surface area contributed by atoms with Crippen molar-refractivity contribution in [3.05, 3.63) is 17.7 Å². The van der Waals surface area contributed by atoms with Gasteiger partial charge in [0, 0.05) is 6.04 Å². The molecular weight excluding hydrogens is 359 g/mol. The van der Waals surface area contributed by atoms with Crippen LogP contribution < -0.4 is 20.3 Å². The summed E-state index contributed by atoms with van der Waals surface area (Å²) in [5.74, 6) is 0.0493. The molecule has 0 radical (unpaired) electrons. The van der Waals surface area contributed by atoms with Gasteiger partial charge in [-0.2, -0.15) is 8.78 Å². The Morgan fingerprint density at radius 3 is 2.19 bits per heavy atom. The van der Waals surface area contributed by atoms with Gasteiger partial charge in [0.2, 0.25) is 0 Å². The van der Waals surface area contributed by atoms with E-state index in [1.807, 2.05) is 27.7 Å². The van der Waals surface area contributed by atoms with E-state index in [0.29, 0.717) is 5.46 Å². The third kappa shape index (κ3) is 4.21. The minimum atomic E-state index is -3.05. The quantitative estimate of drug-likeness (QED) is 0.555. The van der Waals surface area contributed by atoms with Crippen LogP contribution in [0.5, 0.6) is 11.5 Å². The highest BCUT2D eigenvalue weighted by Crippen LogP contribution is 2.39. The molecule has 150 valence electrons. The first-order chi connectivity index (χ1) is 12.5. The Labute approximate surface area is 158 Å². The zero-order valence-electron chi connectivity index (χ0n) is 16.2. The molecule has 2 fully saturated rings. The zero-order chi connectivity index (χ0) is 20.0. The average molecular weight is 385 g/mol. The van der Waals surface area contributed by atoms with Crippen molar-refractivity contribution in [3.8, 4) is 11.5 Å². The topological polar surface area (TPSA) is 69.2 Å². The van der Waals surface area contributed by atoms with Crippen LogP contribution in [-0.4, -0.2) is 43.2 Å². The SMILES string of the molecule is COc1cc(B2OC(C)(C)C(C)(C)O2)cc(OC(F)F)c1C(O)NC1CC1. The summed E-state index contributed by atoms with van der Waals surface area (Å²) in [5, 5.41) is 13.4. The second-order valence-electron chi connectivity index (χ2n) is 7.95. The predicted molar refractivity (Wildman–Crippen MR) is 96.5 cm³/mol. The number of halogens is 2. The average Bonchev–Trinajstić information content (AvgIpc) is 3.32. The van der Waals surface area contributed by atoms with Crippen LogP contribution in [0.15, 0.2) is 12.1 Å². The summed E-state index contributed by atoms with van der Waals surface area (Å²) >= 11 is 0. The Morgan fingerprint density at radius 2 is 1.70 bits per heavy atom. The van der Waals surface area contributed by atoms with E-state index in [9.17, 15) is 13.9 Å². The van der Waals surface area contributed by atoms with Gasteiger partial charge in [-0.3, -0.25) is 5.32 Å². The number of methoxy groups -OCH3 is 1. The van der Waals surface area contributed by atoms with E-state index in [2.05, 4.69) is 5.32 Å². The highest BCUT2D eigenvalue weighted by molar-refractivity contribution is 6.62. The number of aliphatic hydroxyl groups is 1. The third-order valence-corrected chi connectivity index (χ3v) is 5.33. The van der Waals surface area contributed by atoms with Gasteiger partial charge in [-0.15, -0.1) is 0 Å². The highest BCUT2D eigenvalue weighted by atomic mass is 19.3. The van der Waals surface area contributed by atoms with Gasteiger partial charge in [-0.1, -0.05) is 0 Å². The van der Waals surface area contributed by atoms with Gasteiger partial charge in [0.1, 0.15) is 17.7 Å². The normalized spacial score (nSPS) is 22.2. The predicted octanol–water partition coefficient (Wildman–Crippen LogP) is 2.34. The molecule has 27 heavy (non-hydrogen) atoms. The van der Waals surface area contributed by atoms with Crippen LogP contribution in [0.3, 0.4) is 0 Å². The lowest BCUT2D eigenvalue weighted by atomic mass is 9.78. The minimum absolute atomic E-state index is 0.130. The van der Waals surface area contributed by atoms with Crippen molar-refractivity contribution in [1.82, 2.24) is 5.32 Å². The third-order valence-electron chi connectivity index (χ3n) is 5.33. The number of ether oxygens (including phenoxy) is 2. The van der Waals surface area contributed by atoms with Gasteiger partial charge in [-0.05, 0) is 58.1 Å². The van der Waals surface area contributed by atoms with Gasteiger partial charge < -0.3 is 23.9 Å². The summed E-state index contributed by atoms with van der Waals surface area (Å²) in [4.78, 5) is 0. The lowest BCUT2D eigenvalue weighted by Gasteiger charge is -2.32. The fourth-order valence-corrected chi connectivity index (χ4v) is 2.93. The Hall–Kier alpha value is -1.42. The van der Waals surface area contributed by atoms with E-state index in [1.54, 1.807) is 6.07 Å². The summed E-state index contributed by atoms with van der Waals surface area (Å²) in [7, 11) is 0.634. The maximum Gasteiger partial charge on any atom is 0.495 e. The lowest BCUT2D eigenvalue weighted by Crippen LogP contribution is -2.41. The van der Waals surface area contributed by atoms with Crippen LogP contribution >= 0.6 is 0 Å². The number of hydrogen-bond acceptors (Lipinski definition) is 6. The first kappa shape index (κ1) is 20.3. The molecule has 1 aliphatic carbocycles. The lowest BCUT2D eigenvalue weighted by molar-refractivity contribution is -0.0520. The van der Waals surface area contributed by atoms with Crippen LogP contribution in [0.25, 0.3) is 0 Å².